The van der Waals surface area contributed by atoms with Crippen molar-refractivity contribution >= 4 is 0 Å². The Morgan fingerprint density at radius 3 is 1.61 bits per heavy atom. The highest BCUT2D eigenvalue weighted by molar-refractivity contribution is 5.32. The van der Waals surface area contributed by atoms with E-state index >= 15 is 0 Å². The van der Waals surface area contributed by atoms with E-state index in [1.165, 1.54) is 0 Å². The molecule has 23 heavy (non-hydrogen) atoms. The third-order valence-electron chi connectivity index (χ3n) is 4.05. The summed E-state index contributed by atoms with van der Waals surface area (Å²) in [5, 5.41) is 19.8. The number of benzene rings is 2. The van der Waals surface area contributed by atoms with Gasteiger partial charge >= 0.3 is 0 Å². The number of para-hydroxylation sites is 2. The molecule has 0 radical (unpaired) electrons. The lowest BCUT2D eigenvalue weighted by Gasteiger charge is -2.20. The predicted octanol–water partition coefficient (Wildman–Crippen LogP) is 2.35. The Morgan fingerprint density at radius 2 is 1.17 bits per heavy atom. The topological polar surface area (TPSA) is 56.2 Å². The van der Waals surface area contributed by atoms with E-state index in [2.05, 4.69) is 9.80 Å². The van der Waals surface area contributed by atoms with Gasteiger partial charge in [0.05, 0.1) is 0 Å². The van der Waals surface area contributed by atoms with Gasteiger partial charge in [0, 0.05) is 37.3 Å². The highest BCUT2D eigenvalue weighted by Crippen LogP contribution is 2.20. The van der Waals surface area contributed by atoms with Gasteiger partial charge in [-0.05, 0) is 12.1 Å². The molecule has 5 heteroatoms. The van der Waals surface area contributed by atoms with Gasteiger partial charge in [0.15, 0.2) is 0 Å². The number of rotatable bonds is 4. The molecule has 0 bridgehead atoms. The van der Waals surface area contributed by atoms with Crippen molar-refractivity contribution < 1.29 is 14.9 Å². The fourth-order valence-electron chi connectivity index (χ4n) is 2.73. The molecule has 0 aliphatic carbocycles. The minimum Gasteiger partial charge on any atom is -0.508 e. The van der Waals surface area contributed by atoms with Crippen LogP contribution in [0.4, 0.5) is 0 Å². The lowest BCUT2D eigenvalue weighted by Crippen LogP contribution is -2.30. The lowest BCUT2D eigenvalue weighted by molar-refractivity contribution is 0.00293. The fourth-order valence-corrected chi connectivity index (χ4v) is 2.73. The summed E-state index contributed by atoms with van der Waals surface area (Å²) in [4.78, 5) is 4.33. The molecule has 1 aliphatic heterocycles. The van der Waals surface area contributed by atoms with Crippen molar-refractivity contribution in [1.82, 2.24) is 9.80 Å². The van der Waals surface area contributed by atoms with E-state index in [-0.39, 0.29) is 0 Å². The lowest BCUT2D eigenvalue weighted by atomic mass is 10.2. The first kappa shape index (κ1) is 15.8. The van der Waals surface area contributed by atoms with E-state index in [1.54, 1.807) is 12.1 Å². The number of ether oxygens (including phenoxy) is 1. The van der Waals surface area contributed by atoms with E-state index < -0.39 is 0 Å². The molecule has 0 atom stereocenters. The van der Waals surface area contributed by atoms with Crippen LogP contribution in [-0.2, 0) is 17.8 Å². The van der Waals surface area contributed by atoms with Gasteiger partial charge < -0.3 is 14.9 Å². The summed E-state index contributed by atoms with van der Waals surface area (Å²) >= 11 is 0. The normalized spacial score (nSPS) is 17.0. The molecule has 0 saturated carbocycles. The van der Waals surface area contributed by atoms with Crippen molar-refractivity contribution in [3.8, 4) is 11.5 Å². The first-order chi connectivity index (χ1) is 11.2. The summed E-state index contributed by atoms with van der Waals surface area (Å²) in [6, 6.07) is 14.8. The predicted molar refractivity (Wildman–Crippen MR) is 87.9 cm³/mol. The summed E-state index contributed by atoms with van der Waals surface area (Å²) in [6.07, 6.45) is 0. The minimum absolute atomic E-state index is 0.322. The molecule has 1 aliphatic rings. The molecule has 2 N–H and O–H groups in total. The van der Waals surface area contributed by atoms with Crippen molar-refractivity contribution in [3.63, 3.8) is 0 Å². The summed E-state index contributed by atoms with van der Waals surface area (Å²) < 4.78 is 5.73. The van der Waals surface area contributed by atoms with Gasteiger partial charge in [0.25, 0.3) is 0 Å². The maximum Gasteiger partial charge on any atom is 0.120 e. The van der Waals surface area contributed by atoms with Crippen LogP contribution >= 0.6 is 0 Å². The number of nitrogens with zero attached hydrogens (tertiary/aromatic N) is 2. The summed E-state index contributed by atoms with van der Waals surface area (Å²) in [6.45, 7) is 4.09. The molecule has 0 amide bonds. The maximum absolute atomic E-state index is 9.88. The van der Waals surface area contributed by atoms with Crippen LogP contribution in [0.15, 0.2) is 48.5 Å². The zero-order valence-electron chi connectivity index (χ0n) is 13.1. The first-order valence-corrected chi connectivity index (χ1v) is 7.78. The number of phenolic OH excluding ortho intramolecular Hbond substituents is 2. The highest BCUT2D eigenvalue weighted by Gasteiger charge is 2.17. The molecule has 3 rings (SSSR count). The Kier molecular flexibility index (Phi) is 5.12. The molecule has 1 fully saturated rings. The van der Waals surface area contributed by atoms with Crippen LogP contribution in [0.2, 0.25) is 0 Å². The number of hydrogen-bond donors (Lipinski definition) is 2. The molecule has 2 aromatic carbocycles. The van der Waals surface area contributed by atoms with Crippen LogP contribution in [0.25, 0.3) is 0 Å². The Bertz CT molecular complexity index is 592. The summed E-state index contributed by atoms with van der Waals surface area (Å²) in [5.41, 5.74) is 1.82. The van der Waals surface area contributed by atoms with E-state index in [0.717, 1.165) is 24.2 Å². The van der Waals surface area contributed by atoms with Crippen LogP contribution in [0.1, 0.15) is 11.1 Å². The van der Waals surface area contributed by atoms with Gasteiger partial charge in [-0.3, -0.25) is 9.80 Å². The van der Waals surface area contributed by atoms with Crippen LogP contribution in [-0.4, -0.2) is 46.6 Å². The van der Waals surface area contributed by atoms with Gasteiger partial charge in [-0.2, -0.15) is 0 Å². The number of phenols is 2. The average molecular weight is 314 g/mol. The largest absolute Gasteiger partial charge is 0.508 e. The van der Waals surface area contributed by atoms with Gasteiger partial charge in [-0.1, -0.05) is 36.4 Å². The molecule has 2 aromatic rings. The monoisotopic (exact) mass is 314 g/mol. The molecule has 5 nitrogen and oxygen atoms in total. The quantitative estimate of drug-likeness (QED) is 0.907. The Labute approximate surface area is 136 Å². The number of hydrogen-bond acceptors (Lipinski definition) is 5. The van der Waals surface area contributed by atoms with Crippen LogP contribution < -0.4 is 0 Å². The standard InChI is InChI=1S/C18H22N2O3/c21-17-7-3-1-5-15(17)11-19-9-10-20(14-23-13-19)12-16-6-2-4-8-18(16)22/h1-8,21-22H,9-14H2. The SMILES string of the molecule is Oc1ccccc1CN1CCN(Cc2ccccc2O)COC1. The van der Waals surface area contributed by atoms with Gasteiger partial charge in [0.2, 0.25) is 0 Å². The zero-order chi connectivity index (χ0) is 16.1. The average Bonchev–Trinajstić information content (AvgIpc) is 2.77. The number of aromatic hydroxyl groups is 2. The molecule has 0 spiro atoms. The Hall–Kier alpha value is -2.08. The third-order valence-corrected chi connectivity index (χ3v) is 4.05. The van der Waals surface area contributed by atoms with Crippen molar-refractivity contribution in [3.05, 3.63) is 59.7 Å². The van der Waals surface area contributed by atoms with E-state index in [9.17, 15) is 10.2 Å². The molecular weight excluding hydrogens is 292 g/mol. The molecule has 122 valence electrons. The first-order valence-electron chi connectivity index (χ1n) is 7.78. The van der Waals surface area contributed by atoms with E-state index in [4.69, 9.17) is 4.74 Å². The van der Waals surface area contributed by atoms with Gasteiger partial charge in [-0.25, -0.2) is 0 Å². The molecule has 0 unspecified atom stereocenters. The van der Waals surface area contributed by atoms with Crippen molar-refractivity contribution in [2.45, 2.75) is 13.1 Å². The van der Waals surface area contributed by atoms with E-state index in [0.29, 0.717) is 38.1 Å². The maximum atomic E-state index is 9.88. The third kappa shape index (κ3) is 4.22. The zero-order valence-corrected chi connectivity index (χ0v) is 13.1. The molecular formula is C18H22N2O3. The van der Waals surface area contributed by atoms with Crippen molar-refractivity contribution in [1.29, 1.82) is 0 Å². The molecule has 0 aromatic heterocycles. The van der Waals surface area contributed by atoms with Gasteiger partial charge in [-0.15, -0.1) is 0 Å². The van der Waals surface area contributed by atoms with Crippen LogP contribution in [0.3, 0.4) is 0 Å². The second kappa shape index (κ2) is 7.46. The smallest absolute Gasteiger partial charge is 0.120 e. The summed E-state index contributed by atoms with van der Waals surface area (Å²) in [5.74, 6) is 0.644. The van der Waals surface area contributed by atoms with Crippen molar-refractivity contribution in [2.75, 3.05) is 26.6 Å². The fraction of sp³-hybridized carbons (Fsp3) is 0.333. The molecule has 1 saturated heterocycles. The Morgan fingerprint density at radius 1 is 0.739 bits per heavy atom. The summed E-state index contributed by atoms with van der Waals surface area (Å²) in [7, 11) is 0. The molecule has 1 heterocycles. The second-order valence-electron chi connectivity index (χ2n) is 5.82. The van der Waals surface area contributed by atoms with E-state index in [1.807, 2.05) is 36.4 Å². The van der Waals surface area contributed by atoms with Crippen LogP contribution in [0.5, 0.6) is 11.5 Å². The second-order valence-corrected chi connectivity index (χ2v) is 5.82. The minimum atomic E-state index is 0.322. The van der Waals surface area contributed by atoms with Crippen molar-refractivity contribution in [2.24, 2.45) is 0 Å². The highest BCUT2D eigenvalue weighted by atomic mass is 16.5. The van der Waals surface area contributed by atoms with Crippen LogP contribution in [0, 0.1) is 0 Å². The Balaban J connectivity index is 1.57. The van der Waals surface area contributed by atoms with Gasteiger partial charge in [0.1, 0.15) is 25.0 Å².